The number of thiazole rings is 1. The Morgan fingerprint density at radius 3 is 2.67 bits per heavy atom. The molecule has 0 aromatic carbocycles. The minimum absolute atomic E-state index is 0.682. The molecule has 1 aliphatic heterocycles. The topological polar surface area (TPSA) is 52.6 Å². The fourth-order valence-electron chi connectivity index (χ4n) is 2.88. The molecule has 0 aliphatic carbocycles. The SMILES string of the molecule is CCNC(=NCC(CC)CC)NCCc1csc(N2CCCC2)n1. The maximum atomic E-state index is 4.78. The van der Waals surface area contributed by atoms with Gasteiger partial charge in [-0.05, 0) is 25.7 Å². The highest BCUT2D eigenvalue weighted by Gasteiger charge is 2.15. The highest BCUT2D eigenvalue weighted by molar-refractivity contribution is 7.13. The number of aliphatic imine (C=N–C) groups is 1. The van der Waals surface area contributed by atoms with E-state index in [-0.39, 0.29) is 0 Å². The van der Waals surface area contributed by atoms with Crippen LogP contribution in [0.4, 0.5) is 5.13 Å². The van der Waals surface area contributed by atoms with Gasteiger partial charge < -0.3 is 15.5 Å². The highest BCUT2D eigenvalue weighted by atomic mass is 32.1. The summed E-state index contributed by atoms with van der Waals surface area (Å²) in [6.45, 7) is 11.6. The van der Waals surface area contributed by atoms with Crippen LogP contribution in [0.25, 0.3) is 0 Å². The molecule has 136 valence electrons. The summed E-state index contributed by atoms with van der Waals surface area (Å²) in [7, 11) is 0. The molecule has 0 radical (unpaired) electrons. The van der Waals surface area contributed by atoms with Crippen molar-refractivity contribution >= 4 is 22.4 Å². The van der Waals surface area contributed by atoms with Crippen molar-refractivity contribution < 1.29 is 0 Å². The predicted octanol–water partition coefficient (Wildman–Crippen LogP) is 3.28. The summed E-state index contributed by atoms with van der Waals surface area (Å²) in [5, 5.41) is 10.2. The first kappa shape index (κ1) is 19.0. The zero-order chi connectivity index (χ0) is 17.2. The fourth-order valence-corrected chi connectivity index (χ4v) is 3.80. The largest absolute Gasteiger partial charge is 0.357 e. The smallest absolute Gasteiger partial charge is 0.191 e. The van der Waals surface area contributed by atoms with Crippen LogP contribution < -0.4 is 15.5 Å². The first-order chi connectivity index (χ1) is 11.8. The summed E-state index contributed by atoms with van der Waals surface area (Å²) < 4.78 is 0. The molecule has 1 fully saturated rings. The number of rotatable bonds is 9. The number of hydrogen-bond acceptors (Lipinski definition) is 4. The van der Waals surface area contributed by atoms with E-state index in [9.17, 15) is 0 Å². The molecule has 1 saturated heterocycles. The van der Waals surface area contributed by atoms with E-state index in [4.69, 9.17) is 9.98 Å². The molecule has 1 aromatic rings. The van der Waals surface area contributed by atoms with E-state index in [0.29, 0.717) is 5.92 Å². The molecule has 0 amide bonds. The van der Waals surface area contributed by atoms with Gasteiger partial charge in [-0.1, -0.05) is 26.7 Å². The quantitative estimate of drug-likeness (QED) is 0.529. The van der Waals surface area contributed by atoms with Crippen LogP contribution in [-0.4, -0.2) is 43.7 Å². The minimum atomic E-state index is 0.682. The van der Waals surface area contributed by atoms with Crippen LogP contribution in [0.3, 0.4) is 0 Å². The lowest BCUT2D eigenvalue weighted by Gasteiger charge is -2.14. The van der Waals surface area contributed by atoms with Gasteiger partial charge in [-0.2, -0.15) is 0 Å². The Labute approximate surface area is 151 Å². The zero-order valence-electron chi connectivity index (χ0n) is 15.5. The summed E-state index contributed by atoms with van der Waals surface area (Å²) in [6, 6.07) is 0. The van der Waals surface area contributed by atoms with Crippen molar-refractivity contribution in [2.45, 2.75) is 52.9 Å². The molecule has 2 N–H and O–H groups in total. The molecule has 2 heterocycles. The van der Waals surface area contributed by atoms with E-state index in [2.05, 4.69) is 41.7 Å². The summed E-state index contributed by atoms with van der Waals surface area (Å²) in [5.41, 5.74) is 1.19. The minimum Gasteiger partial charge on any atom is -0.357 e. The van der Waals surface area contributed by atoms with Gasteiger partial charge in [0.15, 0.2) is 11.1 Å². The second kappa shape index (κ2) is 10.5. The monoisotopic (exact) mass is 351 g/mol. The Bertz CT molecular complexity index is 489. The van der Waals surface area contributed by atoms with Crippen LogP contribution in [0.2, 0.25) is 0 Å². The van der Waals surface area contributed by atoms with Crippen LogP contribution >= 0.6 is 11.3 Å². The summed E-state index contributed by atoms with van der Waals surface area (Å²) in [4.78, 5) is 11.9. The van der Waals surface area contributed by atoms with Gasteiger partial charge >= 0.3 is 0 Å². The van der Waals surface area contributed by atoms with Crippen LogP contribution in [0.1, 0.15) is 52.1 Å². The van der Waals surface area contributed by atoms with Crippen molar-refractivity contribution in [2.75, 3.05) is 37.6 Å². The molecule has 5 nitrogen and oxygen atoms in total. The third-order valence-corrected chi connectivity index (χ3v) is 5.55. The van der Waals surface area contributed by atoms with Crippen molar-refractivity contribution in [1.29, 1.82) is 0 Å². The van der Waals surface area contributed by atoms with Crippen molar-refractivity contribution in [2.24, 2.45) is 10.9 Å². The molecular weight excluding hydrogens is 318 g/mol. The summed E-state index contributed by atoms with van der Waals surface area (Å²) in [5.74, 6) is 1.61. The average Bonchev–Trinajstić information content (AvgIpc) is 3.27. The van der Waals surface area contributed by atoms with E-state index in [1.165, 1.54) is 49.6 Å². The molecule has 6 heteroatoms. The van der Waals surface area contributed by atoms with Gasteiger partial charge in [0.25, 0.3) is 0 Å². The highest BCUT2D eigenvalue weighted by Crippen LogP contribution is 2.24. The molecule has 0 atom stereocenters. The number of guanidine groups is 1. The molecule has 0 unspecified atom stereocenters. The molecule has 0 saturated carbocycles. The van der Waals surface area contributed by atoms with Gasteiger partial charge in [0.2, 0.25) is 0 Å². The van der Waals surface area contributed by atoms with Crippen molar-refractivity contribution in [3.05, 3.63) is 11.1 Å². The molecule has 0 spiro atoms. The lowest BCUT2D eigenvalue weighted by atomic mass is 10.0. The fraction of sp³-hybridized carbons (Fsp3) is 0.778. The van der Waals surface area contributed by atoms with E-state index in [1.807, 2.05) is 0 Å². The van der Waals surface area contributed by atoms with Crippen LogP contribution in [0.15, 0.2) is 10.4 Å². The lowest BCUT2D eigenvalue weighted by Crippen LogP contribution is -2.38. The molecular formula is C18H33N5S. The number of aromatic nitrogens is 1. The van der Waals surface area contributed by atoms with Crippen LogP contribution in [-0.2, 0) is 6.42 Å². The van der Waals surface area contributed by atoms with Crippen molar-refractivity contribution in [3.8, 4) is 0 Å². The summed E-state index contributed by atoms with van der Waals surface area (Å²) >= 11 is 1.78. The van der Waals surface area contributed by atoms with Gasteiger partial charge in [0, 0.05) is 44.5 Å². The van der Waals surface area contributed by atoms with E-state index < -0.39 is 0 Å². The standard InChI is InChI=1S/C18H33N5S/c1-4-15(5-2)13-21-17(19-6-3)20-10-9-16-14-24-18(22-16)23-11-7-8-12-23/h14-15H,4-13H2,1-3H3,(H2,19,20,21). The first-order valence-electron chi connectivity index (χ1n) is 9.48. The molecule has 2 rings (SSSR count). The van der Waals surface area contributed by atoms with Crippen molar-refractivity contribution in [1.82, 2.24) is 15.6 Å². The van der Waals surface area contributed by atoms with Gasteiger partial charge in [0.1, 0.15) is 0 Å². The van der Waals surface area contributed by atoms with Gasteiger partial charge in [-0.25, -0.2) is 4.98 Å². The molecule has 1 aliphatic rings. The normalized spacial score (nSPS) is 15.3. The maximum Gasteiger partial charge on any atom is 0.191 e. The number of nitrogens with one attached hydrogen (secondary N) is 2. The second-order valence-electron chi connectivity index (χ2n) is 6.39. The Hall–Kier alpha value is -1.30. The Morgan fingerprint density at radius 1 is 1.25 bits per heavy atom. The van der Waals surface area contributed by atoms with Gasteiger partial charge in [-0.15, -0.1) is 11.3 Å². The maximum absolute atomic E-state index is 4.78. The number of anilines is 1. The zero-order valence-corrected chi connectivity index (χ0v) is 16.3. The van der Waals surface area contributed by atoms with E-state index in [0.717, 1.165) is 32.0 Å². The van der Waals surface area contributed by atoms with Gasteiger partial charge in [-0.3, -0.25) is 4.99 Å². The second-order valence-corrected chi connectivity index (χ2v) is 7.23. The molecule has 0 bridgehead atoms. The third kappa shape index (κ3) is 5.96. The van der Waals surface area contributed by atoms with E-state index in [1.54, 1.807) is 11.3 Å². The number of nitrogens with zero attached hydrogens (tertiary/aromatic N) is 3. The Morgan fingerprint density at radius 2 is 2.00 bits per heavy atom. The average molecular weight is 352 g/mol. The third-order valence-electron chi connectivity index (χ3n) is 4.60. The van der Waals surface area contributed by atoms with Crippen molar-refractivity contribution in [3.63, 3.8) is 0 Å². The Kier molecular flexibility index (Phi) is 8.36. The predicted molar refractivity (Wildman–Crippen MR) is 105 cm³/mol. The number of hydrogen-bond donors (Lipinski definition) is 2. The summed E-state index contributed by atoms with van der Waals surface area (Å²) in [6.07, 6.45) is 5.93. The van der Waals surface area contributed by atoms with Crippen LogP contribution in [0, 0.1) is 5.92 Å². The first-order valence-corrected chi connectivity index (χ1v) is 10.4. The van der Waals surface area contributed by atoms with E-state index >= 15 is 0 Å². The molecule has 1 aromatic heterocycles. The van der Waals surface area contributed by atoms with Crippen LogP contribution in [0.5, 0.6) is 0 Å². The molecule has 24 heavy (non-hydrogen) atoms. The Balaban J connectivity index is 1.78. The van der Waals surface area contributed by atoms with Gasteiger partial charge in [0.05, 0.1) is 5.69 Å². The lowest BCUT2D eigenvalue weighted by molar-refractivity contribution is 0.504.